The molecule has 1 aromatic carbocycles. The molecule has 132 valence electrons. The molecule has 0 saturated carbocycles. The largest absolute Gasteiger partial charge is 0.344 e. The van der Waals surface area contributed by atoms with Crippen molar-refractivity contribution in [1.82, 2.24) is 6.15 Å². The Hall–Kier alpha value is 0.0900. The maximum Gasteiger partial charge on any atom is -0.344 e. The van der Waals surface area contributed by atoms with Gasteiger partial charge in [0.15, 0.2) is 0 Å². The summed E-state index contributed by atoms with van der Waals surface area (Å²) in [7, 11) is -1.10. The summed E-state index contributed by atoms with van der Waals surface area (Å²) in [4.78, 5) is 0. The van der Waals surface area contributed by atoms with Gasteiger partial charge in [-0.3, -0.25) is 0 Å². The van der Waals surface area contributed by atoms with E-state index < -0.39 is 7.26 Å². The van der Waals surface area contributed by atoms with Crippen molar-refractivity contribution in [2.45, 2.75) is 65.5 Å². The summed E-state index contributed by atoms with van der Waals surface area (Å²) in [5, 5.41) is 0. The van der Waals surface area contributed by atoms with E-state index in [1.54, 1.807) is 24.0 Å². The quantitative estimate of drug-likeness (QED) is 0.401. The standard InChI is InChI=1S/C19H35P.BrH.H3N/c1-4-7-15-20(16-8-5-2,17-9-6-3)18-19-13-11-10-12-14-19;;/h10-14,20H,4-9,15-18H2,1-3H3;1H;1H3. The molecule has 1 nitrogen and oxygen atoms in total. The van der Waals surface area contributed by atoms with E-state index in [0.717, 1.165) is 0 Å². The molecule has 0 bridgehead atoms. The first kappa shape index (κ1) is 24.3. The van der Waals surface area contributed by atoms with Crippen LogP contribution in [0.25, 0.3) is 0 Å². The van der Waals surface area contributed by atoms with Crippen molar-refractivity contribution in [2.24, 2.45) is 0 Å². The molecule has 3 heteroatoms. The Morgan fingerprint density at radius 3 is 1.50 bits per heavy atom. The summed E-state index contributed by atoms with van der Waals surface area (Å²) in [6.45, 7) is 7.05. The van der Waals surface area contributed by atoms with Gasteiger partial charge in [0.2, 0.25) is 0 Å². The second-order valence-corrected chi connectivity index (χ2v) is 11.3. The molecule has 0 heterocycles. The first-order chi connectivity index (χ1) is 9.76. The van der Waals surface area contributed by atoms with E-state index >= 15 is 0 Å². The van der Waals surface area contributed by atoms with E-state index in [4.69, 9.17) is 0 Å². The van der Waals surface area contributed by atoms with Crippen LogP contribution in [-0.2, 0) is 6.16 Å². The first-order valence-corrected chi connectivity index (χ1v) is 11.6. The molecule has 0 fully saturated rings. The third-order valence-corrected chi connectivity index (χ3v) is 10.0. The van der Waals surface area contributed by atoms with Gasteiger partial charge in [0.1, 0.15) is 0 Å². The number of hydrogen-bond acceptors (Lipinski definition) is 1. The van der Waals surface area contributed by atoms with Crippen LogP contribution in [0.1, 0.15) is 64.9 Å². The van der Waals surface area contributed by atoms with Gasteiger partial charge in [0, 0.05) is 0 Å². The van der Waals surface area contributed by atoms with Gasteiger partial charge >= 0.3 is 127 Å². The number of rotatable bonds is 11. The maximum absolute atomic E-state index is 2.35. The minimum atomic E-state index is -1.10. The first-order valence-electron chi connectivity index (χ1n) is 8.80. The predicted octanol–water partition coefficient (Wildman–Crippen LogP) is 7.08. The number of halogens is 1. The summed E-state index contributed by atoms with van der Waals surface area (Å²) in [6.07, 6.45) is 14.5. The van der Waals surface area contributed by atoms with Crippen LogP contribution in [0.3, 0.4) is 0 Å². The van der Waals surface area contributed by atoms with E-state index in [2.05, 4.69) is 51.1 Å². The van der Waals surface area contributed by atoms with E-state index in [1.165, 1.54) is 44.7 Å². The molecule has 22 heavy (non-hydrogen) atoms. The number of unbranched alkanes of at least 4 members (excludes halogenated alkanes) is 3. The van der Waals surface area contributed by atoms with Crippen LogP contribution in [-0.4, -0.2) is 18.5 Å². The van der Waals surface area contributed by atoms with Crippen molar-refractivity contribution in [3.63, 3.8) is 0 Å². The predicted molar refractivity (Wildman–Crippen MR) is 113 cm³/mol. The minimum Gasteiger partial charge on any atom is -0.344 e. The van der Waals surface area contributed by atoms with Crippen LogP contribution < -0.4 is 6.15 Å². The third kappa shape index (κ3) is 9.28. The molecule has 0 aliphatic rings. The van der Waals surface area contributed by atoms with E-state index in [9.17, 15) is 0 Å². The molecular formula is C19H39BrNP. The van der Waals surface area contributed by atoms with Gasteiger partial charge in [0.05, 0.1) is 0 Å². The van der Waals surface area contributed by atoms with Gasteiger partial charge in [-0.25, -0.2) is 0 Å². The average Bonchev–Trinajstić information content (AvgIpc) is 2.49. The summed E-state index contributed by atoms with van der Waals surface area (Å²) in [6, 6.07) is 11.3. The summed E-state index contributed by atoms with van der Waals surface area (Å²) in [5.74, 6) is 0. The Morgan fingerprint density at radius 1 is 0.727 bits per heavy atom. The van der Waals surface area contributed by atoms with Crippen LogP contribution in [0.2, 0.25) is 0 Å². The smallest absolute Gasteiger partial charge is 0.344 e. The summed E-state index contributed by atoms with van der Waals surface area (Å²) < 4.78 is 0. The monoisotopic (exact) mass is 391 g/mol. The molecule has 1 aromatic rings. The van der Waals surface area contributed by atoms with Gasteiger partial charge in [0.25, 0.3) is 0 Å². The Labute approximate surface area is 150 Å². The normalized spacial score (nSPS) is 11.4. The molecule has 0 aliphatic carbocycles. The Morgan fingerprint density at radius 2 is 1.14 bits per heavy atom. The molecule has 0 aromatic heterocycles. The SMILES string of the molecule is Br.CCCC[PH](CCCC)(CCCC)Cc1ccccc1.N. The number of hydrogen-bond donors (Lipinski definition) is 1. The third-order valence-electron chi connectivity index (χ3n) is 4.60. The fourth-order valence-electron chi connectivity index (χ4n) is 3.32. The van der Waals surface area contributed by atoms with E-state index in [-0.39, 0.29) is 23.1 Å². The zero-order valence-electron chi connectivity index (χ0n) is 15.1. The fraction of sp³-hybridized carbons (Fsp3) is 0.684. The van der Waals surface area contributed by atoms with Crippen LogP contribution in [0.4, 0.5) is 0 Å². The van der Waals surface area contributed by atoms with E-state index in [1.807, 2.05) is 0 Å². The van der Waals surface area contributed by atoms with Crippen LogP contribution >= 0.6 is 24.2 Å². The van der Waals surface area contributed by atoms with Gasteiger partial charge in [-0.05, 0) is 0 Å². The van der Waals surface area contributed by atoms with Crippen molar-refractivity contribution in [3.05, 3.63) is 35.9 Å². The van der Waals surface area contributed by atoms with Gasteiger partial charge in [-0.15, -0.1) is 17.0 Å². The maximum atomic E-state index is 2.35. The molecule has 0 radical (unpaired) electrons. The molecule has 0 aliphatic heterocycles. The van der Waals surface area contributed by atoms with Gasteiger partial charge < -0.3 is 6.15 Å². The van der Waals surface area contributed by atoms with Crippen molar-refractivity contribution in [3.8, 4) is 0 Å². The second kappa shape index (κ2) is 14.7. The fourth-order valence-corrected chi connectivity index (χ4v) is 9.02. The summed E-state index contributed by atoms with van der Waals surface area (Å²) >= 11 is 0. The molecule has 0 amide bonds. The van der Waals surface area contributed by atoms with Crippen molar-refractivity contribution in [1.29, 1.82) is 0 Å². The second-order valence-electron chi connectivity index (χ2n) is 6.47. The summed E-state index contributed by atoms with van der Waals surface area (Å²) in [5.41, 5.74) is 1.60. The molecule has 0 saturated heterocycles. The molecule has 1 rings (SSSR count). The Kier molecular flexibility index (Phi) is 16.2. The van der Waals surface area contributed by atoms with Crippen molar-refractivity contribution in [2.75, 3.05) is 18.5 Å². The van der Waals surface area contributed by atoms with Crippen molar-refractivity contribution < 1.29 is 0 Å². The molecule has 0 spiro atoms. The van der Waals surface area contributed by atoms with Gasteiger partial charge in [-0.2, -0.15) is 0 Å². The van der Waals surface area contributed by atoms with Crippen molar-refractivity contribution >= 4 is 24.2 Å². The van der Waals surface area contributed by atoms with Gasteiger partial charge in [-0.1, -0.05) is 0 Å². The molecule has 0 unspecified atom stereocenters. The van der Waals surface area contributed by atoms with E-state index in [0.29, 0.717) is 0 Å². The molecule has 0 atom stereocenters. The average molecular weight is 392 g/mol. The number of benzene rings is 1. The zero-order valence-corrected chi connectivity index (χ0v) is 17.8. The zero-order chi connectivity index (χ0) is 14.7. The minimum absolute atomic E-state index is 0. The molecular weight excluding hydrogens is 353 g/mol. The van der Waals surface area contributed by atoms with Crippen LogP contribution in [0.5, 0.6) is 0 Å². The topological polar surface area (TPSA) is 35.0 Å². The molecule has 3 N–H and O–H groups in total. The van der Waals surface area contributed by atoms with Crippen LogP contribution in [0, 0.1) is 0 Å². The Bertz CT molecular complexity index is 321. The van der Waals surface area contributed by atoms with Crippen LogP contribution in [0.15, 0.2) is 30.3 Å². The Balaban J connectivity index is 0.